The third-order valence-corrected chi connectivity index (χ3v) is 9.42. The number of aromatic nitrogens is 6. The zero-order chi connectivity index (χ0) is 43.6. The fourth-order valence-electron chi connectivity index (χ4n) is 5.53. The number of amides is 4. The van der Waals surface area contributed by atoms with Crippen LogP contribution in [0.5, 0.6) is 0 Å². The van der Waals surface area contributed by atoms with Crippen molar-refractivity contribution < 1.29 is 57.3 Å². The number of carbonyl (C=O) groups excluding carboxylic acids is 5. The van der Waals surface area contributed by atoms with Crippen LogP contribution in [-0.2, 0) is 54.0 Å². The van der Waals surface area contributed by atoms with Crippen LogP contribution in [0.1, 0.15) is 48.0 Å². The number of benzene rings is 2. The van der Waals surface area contributed by atoms with Gasteiger partial charge in [-0.05, 0) is 73.1 Å². The van der Waals surface area contributed by atoms with E-state index in [0.29, 0.717) is 22.9 Å². The molecule has 1 unspecified atom stereocenters. The molecule has 6 aromatic rings. The summed E-state index contributed by atoms with van der Waals surface area (Å²) in [7, 11) is -3.64. The van der Waals surface area contributed by atoms with Gasteiger partial charge in [0, 0.05) is 94.9 Å². The fraction of sp³-hybridized carbons (Fsp3) is 0.233. The average molecular weight is 1040 g/mol. The van der Waals surface area contributed by atoms with Crippen molar-refractivity contribution in [3.8, 4) is 22.8 Å². The first-order valence-electron chi connectivity index (χ1n) is 19.0. The molecule has 1 aliphatic rings. The molecule has 19 heteroatoms. The van der Waals surface area contributed by atoms with Crippen molar-refractivity contribution in [2.75, 3.05) is 18.6 Å². The molecule has 0 saturated carbocycles. The predicted octanol–water partition coefficient (Wildman–Crippen LogP) is 3.83. The summed E-state index contributed by atoms with van der Waals surface area (Å²) in [5.41, 5.74) is 4.05. The van der Waals surface area contributed by atoms with Crippen LogP contribution >= 0.6 is 0 Å². The molecule has 0 spiro atoms. The van der Waals surface area contributed by atoms with Gasteiger partial charge in [0.15, 0.2) is 0 Å². The van der Waals surface area contributed by atoms with Gasteiger partial charge in [0.25, 0.3) is 17.7 Å². The second kappa shape index (κ2) is 23.9. The van der Waals surface area contributed by atoms with Crippen molar-refractivity contribution in [2.24, 2.45) is 0 Å². The summed E-state index contributed by atoms with van der Waals surface area (Å²) in [6, 6.07) is 30.6. The maximum Gasteiger partial charge on any atom is 0.333 e. The number of pyridine rings is 2. The fourth-order valence-corrected chi connectivity index (χ4v) is 6.37. The SMILES string of the molecule is Cc1ccnc(-c2cc(C(=O)NC(CS(C)(=O)=O)C(=O)NCCCCC(=O)ON3C(=O)CCC3=O)ccn2)c1.[Ir].[c-]1ccccc1-n1cccn1.[c-]1ccccc1-n1cccn1. The third kappa shape index (κ3) is 15.4. The predicted molar refractivity (Wildman–Crippen MR) is 222 cm³/mol. The Morgan fingerprint density at radius 2 is 1.37 bits per heavy atom. The van der Waals surface area contributed by atoms with Crippen LogP contribution in [-0.4, -0.2) is 97.2 Å². The monoisotopic (exact) mass is 1040 g/mol. The summed E-state index contributed by atoms with van der Waals surface area (Å²) in [5.74, 6) is -3.90. The molecule has 0 bridgehead atoms. The summed E-state index contributed by atoms with van der Waals surface area (Å²) in [6.07, 6.45) is 11.8. The van der Waals surface area contributed by atoms with E-state index in [0.717, 1.165) is 23.2 Å². The Kier molecular flexibility index (Phi) is 18.5. The van der Waals surface area contributed by atoms with E-state index in [1.807, 2.05) is 86.0 Å². The molecule has 1 radical (unpaired) electrons. The molecular weight excluding hydrogens is 995 g/mol. The molecule has 1 aliphatic heterocycles. The maximum absolute atomic E-state index is 12.9. The standard InChI is InChI=1S/C25H29N5O8S.2C9H7N2.Ir/c1-16-8-11-26-18(13-16)19-14-17(9-12-27-19)24(34)29-20(15-39(2,36)37)25(35)28-10-4-3-5-23(33)38-30-21(31)6-7-22(30)32;2*1-2-5-9(6-3-1)11-8-4-7-10-11;/h8-9,11-14,20H,3-7,10,15H2,1-2H3,(H,28,35)(H,29,34);2*1-5,7-8H;/q;2*-1;. The van der Waals surface area contributed by atoms with Crippen molar-refractivity contribution >= 4 is 39.4 Å². The Labute approximate surface area is 372 Å². The molecule has 1 saturated heterocycles. The van der Waals surface area contributed by atoms with Gasteiger partial charge in [-0.3, -0.25) is 38.5 Å². The minimum Gasteiger partial charge on any atom is -0.354 e. The first kappa shape index (κ1) is 48.0. The molecule has 1 atom stereocenters. The van der Waals surface area contributed by atoms with Crippen LogP contribution in [0.25, 0.3) is 22.8 Å². The number of hydroxylamine groups is 2. The Bertz CT molecular complexity index is 2410. The van der Waals surface area contributed by atoms with Crippen LogP contribution in [0.4, 0.5) is 0 Å². The van der Waals surface area contributed by atoms with Crippen molar-refractivity contribution in [2.45, 2.75) is 45.1 Å². The number of nitrogens with zero attached hydrogens (tertiary/aromatic N) is 7. The van der Waals surface area contributed by atoms with Crippen LogP contribution in [0.3, 0.4) is 0 Å². The molecule has 7 rings (SSSR count). The average Bonchev–Trinajstić information content (AvgIpc) is 4.06. The molecule has 0 aliphatic carbocycles. The van der Waals surface area contributed by atoms with E-state index >= 15 is 0 Å². The second-order valence-electron chi connectivity index (χ2n) is 13.5. The van der Waals surface area contributed by atoms with Crippen molar-refractivity contribution in [3.63, 3.8) is 0 Å². The molecular formula is C43H43IrN9O8S-2. The van der Waals surface area contributed by atoms with Gasteiger partial charge in [-0.25, -0.2) is 13.2 Å². The summed E-state index contributed by atoms with van der Waals surface area (Å²) >= 11 is 0. The van der Waals surface area contributed by atoms with Gasteiger partial charge in [-0.15, -0.1) is 17.2 Å². The Morgan fingerprint density at radius 1 is 0.790 bits per heavy atom. The molecule has 325 valence electrons. The van der Waals surface area contributed by atoms with Gasteiger partial charge in [0.05, 0.1) is 17.1 Å². The number of hydrogen-bond acceptors (Lipinski definition) is 12. The molecule has 4 aromatic heterocycles. The Balaban J connectivity index is 0.000000293. The zero-order valence-corrected chi connectivity index (χ0v) is 36.9. The van der Waals surface area contributed by atoms with E-state index in [2.05, 4.69) is 42.9 Å². The van der Waals surface area contributed by atoms with Gasteiger partial charge in [0.2, 0.25) is 5.91 Å². The quantitative estimate of drug-likeness (QED) is 0.0905. The van der Waals surface area contributed by atoms with Gasteiger partial charge in [-0.1, -0.05) is 0 Å². The van der Waals surface area contributed by atoms with E-state index in [1.165, 1.54) is 18.3 Å². The van der Waals surface area contributed by atoms with Crippen molar-refractivity contribution in [3.05, 3.63) is 145 Å². The zero-order valence-electron chi connectivity index (χ0n) is 33.7. The van der Waals surface area contributed by atoms with Crippen molar-refractivity contribution in [1.82, 2.24) is 45.2 Å². The van der Waals surface area contributed by atoms with E-state index in [-0.39, 0.29) is 57.9 Å². The van der Waals surface area contributed by atoms with E-state index < -0.39 is 51.2 Å². The number of sulfone groups is 1. The molecule has 17 nitrogen and oxygen atoms in total. The second-order valence-corrected chi connectivity index (χ2v) is 15.6. The van der Waals surface area contributed by atoms with Crippen LogP contribution in [0.15, 0.2) is 122 Å². The Morgan fingerprint density at radius 3 is 1.89 bits per heavy atom. The van der Waals surface area contributed by atoms with Gasteiger partial charge in [0.1, 0.15) is 15.9 Å². The summed E-state index contributed by atoms with van der Waals surface area (Å²) in [5, 5.41) is 13.6. The smallest absolute Gasteiger partial charge is 0.333 e. The maximum atomic E-state index is 12.9. The number of para-hydroxylation sites is 2. The molecule has 2 aromatic carbocycles. The topological polar surface area (TPSA) is 217 Å². The molecule has 4 amide bonds. The molecule has 1 fully saturated rings. The van der Waals surface area contributed by atoms with Crippen molar-refractivity contribution in [1.29, 1.82) is 0 Å². The number of aryl methyl sites for hydroxylation is 1. The third-order valence-electron chi connectivity index (χ3n) is 8.48. The largest absolute Gasteiger partial charge is 0.354 e. The van der Waals surface area contributed by atoms with Gasteiger partial charge >= 0.3 is 5.97 Å². The van der Waals surface area contributed by atoms with Crippen LogP contribution in [0.2, 0.25) is 0 Å². The van der Waals surface area contributed by atoms with Crippen LogP contribution < -0.4 is 10.6 Å². The number of nitrogens with one attached hydrogen (secondary N) is 2. The first-order valence-corrected chi connectivity index (χ1v) is 21.1. The summed E-state index contributed by atoms with van der Waals surface area (Å²) in [6.45, 7) is 1.98. The van der Waals surface area contributed by atoms with E-state index in [4.69, 9.17) is 4.84 Å². The minimum absolute atomic E-state index is 0. The minimum atomic E-state index is -3.64. The first-order chi connectivity index (χ1) is 29.4. The number of rotatable bonds is 14. The summed E-state index contributed by atoms with van der Waals surface area (Å²) in [4.78, 5) is 73.7. The van der Waals surface area contributed by atoms with Gasteiger partial charge < -0.3 is 15.5 Å². The number of carbonyl (C=O) groups is 5. The molecule has 2 N–H and O–H groups in total. The number of hydrogen-bond donors (Lipinski definition) is 2. The van der Waals surface area contributed by atoms with Crippen LogP contribution in [0, 0.1) is 19.1 Å². The number of unbranched alkanes of at least 4 members (excludes halogenated alkanes) is 1. The number of imide groups is 1. The molecule has 5 heterocycles. The normalized spacial score (nSPS) is 12.4. The summed E-state index contributed by atoms with van der Waals surface area (Å²) < 4.78 is 27.4. The van der Waals surface area contributed by atoms with E-state index in [1.54, 1.807) is 34.0 Å². The molecule has 62 heavy (non-hydrogen) atoms. The van der Waals surface area contributed by atoms with Gasteiger partial charge in [-0.2, -0.15) is 58.7 Å². The Hall–Kier alpha value is -6.69. The van der Waals surface area contributed by atoms with E-state index in [9.17, 15) is 32.4 Å².